The number of carbonyl (C=O) groups excluding carboxylic acids is 2. The van der Waals surface area contributed by atoms with E-state index in [1.807, 2.05) is 24.3 Å². The number of carboxylic acids is 1. The molecule has 260 valence electrons. The molecular weight excluding hydrogens is 651 g/mol. The minimum Gasteiger partial charge on any atom is -0.479 e. The number of halogens is 3. The van der Waals surface area contributed by atoms with Gasteiger partial charge in [0.2, 0.25) is 0 Å². The molecule has 12 heteroatoms. The van der Waals surface area contributed by atoms with Crippen LogP contribution in [0, 0.1) is 0 Å². The van der Waals surface area contributed by atoms with E-state index in [0.717, 1.165) is 31.2 Å². The zero-order chi connectivity index (χ0) is 35.7. The number of urea groups is 1. The van der Waals surface area contributed by atoms with Gasteiger partial charge in [0.05, 0.1) is 13.1 Å². The first-order valence-corrected chi connectivity index (χ1v) is 16.0. The van der Waals surface area contributed by atoms with Crippen molar-refractivity contribution >= 4 is 29.2 Å². The monoisotopic (exact) mass is 687 g/mol. The van der Waals surface area contributed by atoms with Crippen LogP contribution in [-0.4, -0.2) is 47.1 Å². The molecule has 9 nitrogen and oxygen atoms in total. The average molecular weight is 688 g/mol. The van der Waals surface area contributed by atoms with Crippen LogP contribution in [0.2, 0.25) is 0 Å². The van der Waals surface area contributed by atoms with Gasteiger partial charge >= 0.3 is 18.4 Å². The lowest BCUT2D eigenvalue weighted by atomic mass is 9.93. The standard InChI is InChI=1S/C38H36F3N3O6/c39-38(40,41)50-34-13-7-6-12-32(34)31-11-5-4-10-29(31)22-43-37(49)44(30-20-18-27(19-21-30)26-8-2-1-3-9-26)24-25-14-16-28(17-15-25)35(46)42-23-33(45)36(47)48/h4-8,10-21,33,45H,1-3,9,22-24H2,(H,42,46)(H,43,49)(H,47,48). The number of rotatable bonds is 12. The molecule has 0 bridgehead atoms. The van der Waals surface area contributed by atoms with Crippen LogP contribution in [0.15, 0.2) is 103 Å². The third-order valence-electron chi connectivity index (χ3n) is 8.23. The molecule has 4 aromatic rings. The molecule has 1 aliphatic carbocycles. The van der Waals surface area contributed by atoms with E-state index in [-0.39, 0.29) is 30.0 Å². The van der Waals surface area contributed by atoms with Gasteiger partial charge in [0.15, 0.2) is 6.10 Å². The number of aliphatic hydroxyl groups is 1. The summed E-state index contributed by atoms with van der Waals surface area (Å²) >= 11 is 0. The van der Waals surface area contributed by atoms with Crippen molar-refractivity contribution in [1.82, 2.24) is 10.6 Å². The summed E-state index contributed by atoms with van der Waals surface area (Å²) in [5.74, 6) is -2.38. The Kier molecular flexibility index (Phi) is 11.6. The molecule has 50 heavy (non-hydrogen) atoms. The summed E-state index contributed by atoms with van der Waals surface area (Å²) in [5, 5.41) is 23.6. The van der Waals surface area contributed by atoms with E-state index < -0.39 is 36.9 Å². The largest absolute Gasteiger partial charge is 0.573 e. The van der Waals surface area contributed by atoms with Crippen LogP contribution in [-0.2, 0) is 17.9 Å². The second-order valence-electron chi connectivity index (χ2n) is 11.7. The Morgan fingerprint density at radius 3 is 2.18 bits per heavy atom. The van der Waals surface area contributed by atoms with Crippen molar-refractivity contribution in [2.75, 3.05) is 11.4 Å². The van der Waals surface area contributed by atoms with Gasteiger partial charge in [-0.25, -0.2) is 9.59 Å². The van der Waals surface area contributed by atoms with E-state index in [1.165, 1.54) is 40.8 Å². The van der Waals surface area contributed by atoms with E-state index in [1.54, 1.807) is 42.5 Å². The Hall–Kier alpha value is -5.62. The first-order chi connectivity index (χ1) is 24.0. The van der Waals surface area contributed by atoms with Gasteiger partial charge in [-0.15, -0.1) is 13.2 Å². The Morgan fingerprint density at radius 1 is 0.840 bits per heavy atom. The van der Waals surface area contributed by atoms with Gasteiger partial charge in [0.1, 0.15) is 5.75 Å². The van der Waals surface area contributed by atoms with Gasteiger partial charge in [-0.2, -0.15) is 0 Å². The van der Waals surface area contributed by atoms with E-state index in [2.05, 4.69) is 21.4 Å². The summed E-state index contributed by atoms with van der Waals surface area (Å²) in [4.78, 5) is 38.7. The number of alkyl halides is 3. The summed E-state index contributed by atoms with van der Waals surface area (Å²) < 4.78 is 43.8. The number of hydrogen-bond donors (Lipinski definition) is 4. The maximum Gasteiger partial charge on any atom is 0.573 e. The van der Waals surface area contributed by atoms with Crippen molar-refractivity contribution in [3.63, 3.8) is 0 Å². The average Bonchev–Trinajstić information content (AvgIpc) is 3.12. The number of nitrogens with zero attached hydrogens (tertiary/aromatic N) is 1. The molecule has 3 amide bonds. The number of hydrogen-bond acceptors (Lipinski definition) is 5. The number of para-hydroxylation sites is 1. The fourth-order valence-corrected chi connectivity index (χ4v) is 5.67. The summed E-state index contributed by atoms with van der Waals surface area (Å²) in [6.07, 6.45) is -0.106. The topological polar surface area (TPSA) is 128 Å². The maximum atomic E-state index is 13.9. The number of aliphatic carboxylic acids is 1. The predicted octanol–water partition coefficient (Wildman–Crippen LogP) is 7.30. The summed E-state index contributed by atoms with van der Waals surface area (Å²) in [6, 6.07) is 26.2. The Balaban J connectivity index is 1.37. The summed E-state index contributed by atoms with van der Waals surface area (Å²) in [6.45, 7) is -0.351. The summed E-state index contributed by atoms with van der Waals surface area (Å²) in [7, 11) is 0. The summed E-state index contributed by atoms with van der Waals surface area (Å²) in [5.41, 5.74) is 5.11. The fraction of sp³-hybridized carbons (Fsp3) is 0.237. The zero-order valence-electron chi connectivity index (χ0n) is 27.0. The number of carbonyl (C=O) groups is 3. The van der Waals surface area contributed by atoms with Crippen LogP contribution in [0.5, 0.6) is 5.75 Å². The van der Waals surface area contributed by atoms with Crippen molar-refractivity contribution < 1.29 is 42.5 Å². The number of nitrogens with one attached hydrogen (secondary N) is 2. The molecule has 1 unspecified atom stereocenters. The number of amides is 3. The minimum absolute atomic E-state index is 0.00185. The van der Waals surface area contributed by atoms with E-state index in [0.29, 0.717) is 22.4 Å². The quantitative estimate of drug-likeness (QED) is 0.124. The Labute approximate surface area is 287 Å². The molecular formula is C38H36F3N3O6. The number of carboxylic acid groups (broad SMARTS) is 1. The second-order valence-corrected chi connectivity index (χ2v) is 11.7. The number of aliphatic hydroxyl groups excluding tert-OH is 1. The lowest BCUT2D eigenvalue weighted by Crippen LogP contribution is -2.39. The number of benzene rings is 4. The first-order valence-electron chi connectivity index (χ1n) is 16.0. The lowest BCUT2D eigenvalue weighted by Gasteiger charge is -2.25. The van der Waals surface area contributed by atoms with E-state index in [4.69, 9.17) is 5.11 Å². The smallest absolute Gasteiger partial charge is 0.479 e. The van der Waals surface area contributed by atoms with Crippen molar-refractivity contribution in [2.24, 2.45) is 0 Å². The van der Waals surface area contributed by atoms with E-state index >= 15 is 0 Å². The van der Waals surface area contributed by atoms with Gasteiger partial charge in [-0.1, -0.05) is 72.8 Å². The molecule has 0 aromatic heterocycles. The van der Waals surface area contributed by atoms with Crippen molar-refractivity contribution in [3.8, 4) is 16.9 Å². The van der Waals surface area contributed by atoms with Crippen LogP contribution in [0.1, 0.15) is 52.7 Å². The minimum atomic E-state index is -4.88. The molecule has 5 rings (SSSR count). The Bertz CT molecular complexity index is 1840. The highest BCUT2D eigenvalue weighted by Gasteiger charge is 2.32. The predicted molar refractivity (Wildman–Crippen MR) is 182 cm³/mol. The van der Waals surface area contributed by atoms with Crippen LogP contribution in [0.25, 0.3) is 16.7 Å². The van der Waals surface area contributed by atoms with Gasteiger partial charge < -0.3 is 25.6 Å². The van der Waals surface area contributed by atoms with Crippen LogP contribution in [0.3, 0.4) is 0 Å². The third-order valence-corrected chi connectivity index (χ3v) is 8.23. The molecule has 0 heterocycles. The highest BCUT2D eigenvalue weighted by molar-refractivity contribution is 5.95. The number of allylic oxidation sites excluding steroid dienone is 2. The maximum absolute atomic E-state index is 13.9. The van der Waals surface area contributed by atoms with Crippen molar-refractivity contribution in [1.29, 1.82) is 0 Å². The van der Waals surface area contributed by atoms with Crippen LogP contribution < -0.4 is 20.3 Å². The molecule has 0 saturated heterocycles. The first kappa shape index (κ1) is 35.7. The molecule has 0 spiro atoms. The van der Waals surface area contributed by atoms with E-state index in [9.17, 15) is 32.7 Å². The van der Waals surface area contributed by atoms with Gasteiger partial charge in [0.25, 0.3) is 5.91 Å². The molecule has 1 atom stereocenters. The SMILES string of the molecule is O=C(NCC(O)C(=O)O)c1ccc(CN(C(=O)NCc2ccccc2-c2ccccc2OC(F)(F)F)c2ccc(C3=CCCCC3)cc2)cc1. The zero-order valence-corrected chi connectivity index (χ0v) is 27.0. The van der Waals surface area contributed by atoms with Crippen LogP contribution in [0.4, 0.5) is 23.7 Å². The van der Waals surface area contributed by atoms with Gasteiger partial charge in [-0.05, 0) is 83.8 Å². The fourth-order valence-electron chi connectivity index (χ4n) is 5.67. The number of anilines is 1. The number of ether oxygens (including phenoxy) is 1. The lowest BCUT2D eigenvalue weighted by molar-refractivity contribution is -0.274. The molecule has 0 radical (unpaired) electrons. The molecule has 4 aromatic carbocycles. The normalized spacial score (nSPS) is 13.5. The Morgan fingerprint density at radius 2 is 1.52 bits per heavy atom. The van der Waals surface area contributed by atoms with Crippen LogP contribution >= 0.6 is 0 Å². The second kappa shape index (κ2) is 16.2. The third kappa shape index (κ3) is 9.50. The molecule has 0 aliphatic heterocycles. The highest BCUT2D eigenvalue weighted by atomic mass is 19.4. The van der Waals surface area contributed by atoms with Crippen molar-refractivity contribution in [2.45, 2.75) is 51.2 Å². The molecule has 4 N–H and O–H groups in total. The van der Waals surface area contributed by atoms with Crippen molar-refractivity contribution in [3.05, 3.63) is 125 Å². The molecule has 1 aliphatic rings. The van der Waals surface area contributed by atoms with Gasteiger partial charge in [0, 0.05) is 23.4 Å². The molecule has 0 fully saturated rings. The molecule has 0 saturated carbocycles. The van der Waals surface area contributed by atoms with Gasteiger partial charge in [-0.3, -0.25) is 9.69 Å². The highest BCUT2D eigenvalue weighted by Crippen LogP contribution is 2.35.